The number of likely N-dealkylation sites (N-methyl/N-ethyl adjacent to an activating group) is 1. The lowest BCUT2D eigenvalue weighted by Gasteiger charge is -2.16. The first-order chi connectivity index (χ1) is 9.83. The molecular formula is C15H23N5. The van der Waals surface area contributed by atoms with Crippen molar-refractivity contribution in [3.63, 3.8) is 0 Å². The molecule has 0 aliphatic heterocycles. The lowest BCUT2D eigenvalue weighted by Crippen LogP contribution is -2.29. The molecule has 5 heteroatoms. The quantitative estimate of drug-likeness (QED) is 0.797. The molecule has 1 unspecified atom stereocenters. The molecule has 2 heterocycles. The van der Waals surface area contributed by atoms with E-state index in [2.05, 4.69) is 33.4 Å². The highest BCUT2D eigenvalue weighted by atomic mass is 15.3. The highest BCUT2D eigenvalue weighted by molar-refractivity contribution is 5.08. The molecule has 0 saturated heterocycles. The van der Waals surface area contributed by atoms with Crippen LogP contribution >= 0.6 is 0 Å². The third kappa shape index (κ3) is 4.13. The zero-order valence-electron chi connectivity index (χ0n) is 12.3. The van der Waals surface area contributed by atoms with E-state index in [9.17, 15) is 0 Å². The molecular weight excluding hydrogens is 250 g/mol. The number of aromatic nitrogens is 4. The average Bonchev–Trinajstić information content (AvgIpc) is 2.92. The summed E-state index contributed by atoms with van der Waals surface area (Å²) in [4.78, 5) is 8.53. The van der Waals surface area contributed by atoms with E-state index < -0.39 is 0 Å². The van der Waals surface area contributed by atoms with Gasteiger partial charge in [-0.15, -0.1) is 0 Å². The van der Waals surface area contributed by atoms with Crippen molar-refractivity contribution in [2.75, 3.05) is 7.05 Å². The number of nitrogens with one attached hydrogen (secondary N) is 1. The Balaban J connectivity index is 1.90. The Hall–Kier alpha value is -1.75. The molecule has 2 aromatic heterocycles. The van der Waals surface area contributed by atoms with Gasteiger partial charge in [-0.05, 0) is 37.9 Å². The van der Waals surface area contributed by atoms with Gasteiger partial charge < -0.3 is 5.32 Å². The molecule has 0 fully saturated rings. The normalized spacial score (nSPS) is 12.5. The summed E-state index contributed by atoms with van der Waals surface area (Å²) in [5.74, 6) is 1.07. The molecule has 0 aliphatic carbocycles. The number of rotatable bonds is 8. The molecule has 2 rings (SSSR count). The molecule has 1 N–H and O–H groups in total. The summed E-state index contributed by atoms with van der Waals surface area (Å²) in [5.41, 5.74) is 1.28. The van der Waals surface area contributed by atoms with Crippen molar-refractivity contribution in [1.29, 1.82) is 0 Å². The van der Waals surface area contributed by atoms with E-state index in [0.29, 0.717) is 6.04 Å². The summed E-state index contributed by atoms with van der Waals surface area (Å²) in [7, 11) is 2.01. The summed E-state index contributed by atoms with van der Waals surface area (Å²) in [5, 5.41) is 7.66. The van der Waals surface area contributed by atoms with Crippen LogP contribution in [0.25, 0.3) is 0 Å². The molecule has 0 aromatic carbocycles. The van der Waals surface area contributed by atoms with Gasteiger partial charge in [0.15, 0.2) is 0 Å². The highest BCUT2D eigenvalue weighted by Crippen LogP contribution is 2.08. The van der Waals surface area contributed by atoms with Crippen molar-refractivity contribution < 1.29 is 0 Å². The van der Waals surface area contributed by atoms with Crippen LogP contribution in [0, 0.1) is 0 Å². The van der Waals surface area contributed by atoms with Crippen LogP contribution in [0.2, 0.25) is 0 Å². The minimum absolute atomic E-state index is 0.412. The van der Waals surface area contributed by atoms with Crippen LogP contribution in [0.5, 0.6) is 0 Å². The van der Waals surface area contributed by atoms with Gasteiger partial charge in [0.05, 0.1) is 0 Å². The second-order valence-corrected chi connectivity index (χ2v) is 4.99. The third-order valence-corrected chi connectivity index (χ3v) is 3.47. The van der Waals surface area contributed by atoms with Gasteiger partial charge >= 0.3 is 0 Å². The molecule has 0 spiro atoms. The summed E-state index contributed by atoms with van der Waals surface area (Å²) >= 11 is 0. The van der Waals surface area contributed by atoms with E-state index in [-0.39, 0.29) is 0 Å². The predicted octanol–water partition coefficient (Wildman–Crippen LogP) is 1.85. The van der Waals surface area contributed by atoms with Crippen LogP contribution < -0.4 is 5.32 Å². The average molecular weight is 273 g/mol. The van der Waals surface area contributed by atoms with E-state index in [0.717, 1.165) is 38.1 Å². The van der Waals surface area contributed by atoms with Crippen molar-refractivity contribution in [3.8, 4) is 0 Å². The van der Waals surface area contributed by atoms with Crippen molar-refractivity contribution in [1.82, 2.24) is 25.1 Å². The largest absolute Gasteiger partial charge is 0.317 e. The first-order valence-corrected chi connectivity index (χ1v) is 7.26. The predicted molar refractivity (Wildman–Crippen MR) is 79.4 cm³/mol. The van der Waals surface area contributed by atoms with Crippen LogP contribution in [0.1, 0.15) is 31.2 Å². The molecule has 20 heavy (non-hydrogen) atoms. The Kier molecular flexibility index (Phi) is 5.68. The van der Waals surface area contributed by atoms with Gasteiger partial charge in [0.2, 0.25) is 0 Å². The monoisotopic (exact) mass is 273 g/mol. The van der Waals surface area contributed by atoms with Crippen LogP contribution in [0.4, 0.5) is 0 Å². The summed E-state index contributed by atoms with van der Waals surface area (Å²) < 4.78 is 2.01. The number of aryl methyl sites for hydroxylation is 2. The molecule has 0 aliphatic rings. The number of nitrogens with zero attached hydrogens (tertiary/aromatic N) is 4. The van der Waals surface area contributed by atoms with Gasteiger partial charge in [-0.1, -0.05) is 13.0 Å². The third-order valence-electron chi connectivity index (χ3n) is 3.47. The second-order valence-electron chi connectivity index (χ2n) is 4.99. The van der Waals surface area contributed by atoms with Gasteiger partial charge in [-0.2, -0.15) is 5.10 Å². The smallest absolute Gasteiger partial charge is 0.138 e. The summed E-state index contributed by atoms with van der Waals surface area (Å²) in [6.07, 6.45) is 9.49. The fourth-order valence-corrected chi connectivity index (χ4v) is 2.30. The van der Waals surface area contributed by atoms with Gasteiger partial charge in [-0.25, -0.2) is 4.98 Å². The van der Waals surface area contributed by atoms with Crippen LogP contribution in [0.3, 0.4) is 0 Å². The minimum Gasteiger partial charge on any atom is -0.317 e. The summed E-state index contributed by atoms with van der Waals surface area (Å²) in [6.45, 7) is 3.10. The first-order valence-electron chi connectivity index (χ1n) is 7.26. The zero-order valence-corrected chi connectivity index (χ0v) is 12.3. The second kappa shape index (κ2) is 7.75. The number of hydrogen-bond donors (Lipinski definition) is 1. The fourth-order valence-electron chi connectivity index (χ4n) is 2.30. The molecule has 5 nitrogen and oxygen atoms in total. The van der Waals surface area contributed by atoms with Gasteiger partial charge in [-0.3, -0.25) is 9.67 Å². The molecule has 0 radical (unpaired) electrons. The minimum atomic E-state index is 0.412. The van der Waals surface area contributed by atoms with E-state index in [1.54, 1.807) is 6.33 Å². The van der Waals surface area contributed by atoms with Gasteiger partial charge in [0, 0.05) is 31.4 Å². The van der Waals surface area contributed by atoms with Crippen molar-refractivity contribution >= 4 is 0 Å². The van der Waals surface area contributed by atoms with Crippen LogP contribution in [0.15, 0.2) is 30.9 Å². The Morgan fingerprint density at radius 3 is 3.00 bits per heavy atom. The lowest BCUT2D eigenvalue weighted by atomic mass is 10.0. The molecule has 0 amide bonds. The Bertz CT molecular complexity index is 494. The van der Waals surface area contributed by atoms with E-state index in [4.69, 9.17) is 0 Å². The zero-order chi connectivity index (χ0) is 14.2. The summed E-state index contributed by atoms with van der Waals surface area (Å²) in [6, 6.07) is 4.52. The molecule has 1 atom stereocenters. The Labute approximate surface area is 120 Å². The molecule has 0 bridgehead atoms. The molecule has 108 valence electrons. The standard InChI is InChI=1S/C15H23N5/c1-3-9-20-15(18-12-19-20)10-14(16-2)7-6-13-5-4-8-17-11-13/h4-5,8,11-12,14,16H,3,6-7,9-10H2,1-2H3. The highest BCUT2D eigenvalue weighted by Gasteiger charge is 2.12. The topological polar surface area (TPSA) is 55.6 Å². The van der Waals surface area contributed by atoms with Crippen molar-refractivity contribution in [2.45, 2.75) is 45.2 Å². The van der Waals surface area contributed by atoms with Crippen molar-refractivity contribution in [3.05, 3.63) is 42.2 Å². The van der Waals surface area contributed by atoms with E-state index in [1.807, 2.05) is 30.2 Å². The SMILES string of the molecule is CCCn1ncnc1CC(CCc1cccnc1)NC. The number of pyridine rings is 1. The maximum atomic E-state index is 4.38. The lowest BCUT2D eigenvalue weighted by molar-refractivity contribution is 0.480. The number of hydrogen-bond acceptors (Lipinski definition) is 4. The maximum absolute atomic E-state index is 4.38. The van der Waals surface area contributed by atoms with Crippen LogP contribution in [-0.2, 0) is 19.4 Å². The molecule has 2 aromatic rings. The maximum Gasteiger partial charge on any atom is 0.138 e. The van der Waals surface area contributed by atoms with Crippen molar-refractivity contribution in [2.24, 2.45) is 0 Å². The Morgan fingerprint density at radius 1 is 1.40 bits per heavy atom. The first kappa shape index (κ1) is 14.7. The van der Waals surface area contributed by atoms with Gasteiger partial charge in [0.1, 0.15) is 12.2 Å². The van der Waals surface area contributed by atoms with E-state index in [1.165, 1.54) is 5.56 Å². The Morgan fingerprint density at radius 2 is 2.30 bits per heavy atom. The van der Waals surface area contributed by atoms with Gasteiger partial charge in [0.25, 0.3) is 0 Å². The molecule has 0 saturated carbocycles. The van der Waals surface area contributed by atoms with E-state index >= 15 is 0 Å². The fraction of sp³-hybridized carbons (Fsp3) is 0.533. The van der Waals surface area contributed by atoms with Crippen LogP contribution in [-0.4, -0.2) is 32.8 Å².